The van der Waals surface area contributed by atoms with Gasteiger partial charge >= 0.3 is 5.97 Å². The van der Waals surface area contributed by atoms with Gasteiger partial charge in [0.2, 0.25) is 5.91 Å². The summed E-state index contributed by atoms with van der Waals surface area (Å²) in [5.41, 5.74) is 4.15. The van der Waals surface area contributed by atoms with Crippen molar-refractivity contribution in [1.29, 1.82) is 0 Å². The highest BCUT2D eigenvalue weighted by Crippen LogP contribution is 2.21. The first-order chi connectivity index (χ1) is 8.90. The molecule has 1 aromatic rings. The summed E-state index contributed by atoms with van der Waals surface area (Å²) in [5.74, 6) is -1.91. The van der Waals surface area contributed by atoms with Crippen LogP contribution in [0.4, 0.5) is 0 Å². The van der Waals surface area contributed by atoms with Crippen LogP contribution in [-0.4, -0.2) is 24.4 Å². The van der Waals surface area contributed by atoms with Crippen LogP contribution in [0.3, 0.4) is 0 Å². The molecule has 0 aliphatic heterocycles. The summed E-state index contributed by atoms with van der Waals surface area (Å²) >= 11 is 11.5. The summed E-state index contributed by atoms with van der Waals surface area (Å²) < 4.78 is 4.71. The quantitative estimate of drug-likeness (QED) is 0.651. The maximum atomic E-state index is 11.6. The Balaban J connectivity index is 2.53. The number of rotatable bonds is 3. The fourth-order valence-corrected chi connectivity index (χ4v) is 1.42. The first-order valence-electron chi connectivity index (χ1n) is 5.07. The van der Waals surface area contributed by atoms with Crippen LogP contribution in [0.5, 0.6) is 0 Å². The van der Waals surface area contributed by atoms with Crippen molar-refractivity contribution in [3.8, 4) is 0 Å². The Morgan fingerprint density at radius 3 is 2.53 bits per heavy atom. The lowest BCUT2D eigenvalue weighted by molar-refractivity contribution is -0.129. The van der Waals surface area contributed by atoms with E-state index in [4.69, 9.17) is 27.9 Å². The molecule has 102 valence electrons. The van der Waals surface area contributed by atoms with Crippen LogP contribution in [0.15, 0.2) is 18.2 Å². The van der Waals surface area contributed by atoms with Crippen molar-refractivity contribution in [1.82, 2.24) is 10.9 Å². The van der Waals surface area contributed by atoms with E-state index in [-0.39, 0.29) is 10.6 Å². The fourth-order valence-electron chi connectivity index (χ4n) is 1.06. The minimum absolute atomic E-state index is 0.0569. The lowest BCUT2D eigenvalue weighted by Gasteiger charge is -2.07. The number of halogens is 2. The summed E-state index contributed by atoms with van der Waals surface area (Å²) in [5, 5.41) is 0.482. The smallest absolute Gasteiger partial charge is 0.340 e. The summed E-state index contributed by atoms with van der Waals surface area (Å²) in [4.78, 5) is 33.3. The third kappa shape index (κ3) is 5.15. The summed E-state index contributed by atoms with van der Waals surface area (Å²) in [6.07, 6.45) is 0. The molecule has 0 aromatic heterocycles. The largest absolute Gasteiger partial charge is 0.452 e. The van der Waals surface area contributed by atoms with Gasteiger partial charge in [-0.2, -0.15) is 0 Å². The highest BCUT2D eigenvalue weighted by molar-refractivity contribution is 6.35. The molecule has 1 aromatic carbocycles. The van der Waals surface area contributed by atoms with Crippen LogP contribution in [0.1, 0.15) is 17.3 Å². The van der Waals surface area contributed by atoms with Gasteiger partial charge in [0.05, 0.1) is 10.6 Å². The number of esters is 1. The number of hydrazine groups is 1. The molecule has 19 heavy (non-hydrogen) atoms. The number of hydrogen-bond acceptors (Lipinski definition) is 4. The minimum atomic E-state index is -0.787. The van der Waals surface area contributed by atoms with E-state index < -0.39 is 24.4 Å². The monoisotopic (exact) mass is 304 g/mol. The van der Waals surface area contributed by atoms with Gasteiger partial charge in [0.1, 0.15) is 0 Å². The Labute approximate surface area is 119 Å². The lowest BCUT2D eigenvalue weighted by Crippen LogP contribution is -2.42. The molecule has 0 saturated carbocycles. The lowest BCUT2D eigenvalue weighted by atomic mass is 10.2. The van der Waals surface area contributed by atoms with E-state index >= 15 is 0 Å². The second-order valence-electron chi connectivity index (χ2n) is 3.43. The maximum absolute atomic E-state index is 11.6. The standard InChI is InChI=1S/C11H10Cl2N2O4/c1-6(16)14-15-10(17)5-19-11(18)8-4-7(12)2-3-9(8)13/h2-4H,5H2,1H3,(H,14,16)(H,15,17). The zero-order chi connectivity index (χ0) is 14.4. The number of hydrogen-bond donors (Lipinski definition) is 2. The van der Waals surface area contributed by atoms with Crippen molar-refractivity contribution >= 4 is 41.0 Å². The molecular weight excluding hydrogens is 295 g/mol. The number of carbonyl (C=O) groups is 3. The molecule has 0 heterocycles. The predicted molar refractivity (Wildman–Crippen MR) is 68.7 cm³/mol. The van der Waals surface area contributed by atoms with Crippen LogP contribution in [0.2, 0.25) is 10.0 Å². The number of ether oxygens (including phenoxy) is 1. The van der Waals surface area contributed by atoms with Crippen LogP contribution < -0.4 is 10.9 Å². The summed E-state index contributed by atoms with van der Waals surface area (Å²) in [6, 6.07) is 4.29. The molecule has 0 unspecified atom stereocenters. The average Bonchev–Trinajstić information content (AvgIpc) is 2.36. The van der Waals surface area contributed by atoms with Crippen molar-refractivity contribution in [3.05, 3.63) is 33.8 Å². The second-order valence-corrected chi connectivity index (χ2v) is 4.27. The van der Waals surface area contributed by atoms with E-state index in [2.05, 4.69) is 5.43 Å². The van der Waals surface area contributed by atoms with Crippen molar-refractivity contribution in [2.24, 2.45) is 0 Å². The van der Waals surface area contributed by atoms with Crippen LogP contribution in [0, 0.1) is 0 Å². The van der Waals surface area contributed by atoms with E-state index in [1.54, 1.807) is 0 Å². The van der Waals surface area contributed by atoms with E-state index in [0.717, 1.165) is 0 Å². The number of nitrogens with one attached hydrogen (secondary N) is 2. The Morgan fingerprint density at radius 1 is 1.21 bits per heavy atom. The van der Waals surface area contributed by atoms with Crippen molar-refractivity contribution in [2.75, 3.05) is 6.61 Å². The van der Waals surface area contributed by atoms with Gasteiger partial charge in [-0.15, -0.1) is 0 Å². The van der Waals surface area contributed by atoms with Gasteiger partial charge in [0.15, 0.2) is 6.61 Å². The van der Waals surface area contributed by atoms with Crippen molar-refractivity contribution in [2.45, 2.75) is 6.92 Å². The molecule has 0 atom stereocenters. The Kier molecular flexibility index (Phi) is 5.59. The predicted octanol–water partition coefficient (Wildman–Crippen LogP) is 1.32. The molecule has 1 rings (SSSR count). The zero-order valence-corrected chi connectivity index (χ0v) is 11.3. The van der Waals surface area contributed by atoms with Crippen LogP contribution in [-0.2, 0) is 14.3 Å². The van der Waals surface area contributed by atoms with E-state index in [1.165, 1.54) is 25.1 Å². The van der Waals surface area contributed by atoms with E-state index in [0.29, 0.717) is 5.02 Å². The number of benzene rings is 1. The van der Waals surface area contributed by atoms with Gasteiger partial charge < -0.3 is 4.74 Å². The van der Waals surface area contributed by atoms with Gasteiger partial charge in [-0.1, -0.05) is 23.2 Å². The molecule has 0 bridgehead atoms. The van der Waals surface area contributed by atoms with E-state index in [9.17, 15) is 14.4 Å². The van der Waals surface area contributed by atoms with Gasteiger partial charge in [-0.05, 0) is 18.2 Å². The molecule has 0 saturated heterocycles. The molecule has 0 fully saturated rings. The van der Waals surface area contributed by atoms with Gasteiger partial charge in [-0.25, -0.2) is 4.79 Å². The third-order valence-electron chi connectivity index (χ3n) is 1.86. The minimum Gasteiger partial charge on any atom is -0.452 e. The topological polar surface area (TPSA) is 84.5 Å². The Hall–Kier alpha value is -1.79. The summed E-state index contributed by atoms with van der Waals surface area (Å²) in [6.45, 7) is 0.667. The number of carbonyl (C=O) groups excluding carboxylic acids is 3. The molecule has 2 N–H and O–H groups in total. The van der Waals surface area contributed by atoms with Gasteiger partial charge in [0, 0.05) is 11.9 Å². The van der Waals surface area contributed by atoms with E-state index in [1.807, 2.05) is 5.43 Å². The van der Waals surface area contributed by atoms with Crippen LogP contribution in [0.25, 0.3) is 0 Å². The molecule has 0 aliphatic rings. The first-order valence-corrected chi connectivity index (χ1v) is 5.83. The molecule has 8 heteroatoms. The Morgan fingerprint density at radius 2 is 1.89 bits per heavy atom. The highest BCUT2D eigenvalue weighted by atomic mass is 35.5. The molecule has 0 radical (unpaired) electrons. The third-order valence-corrected chi connectivity index (χ3v) is 2.43. The Bertz CT molecular complexity index is 519. The average molecular weight is 305 g/mol. The molecular formula is C11H10Cl2N2O4. The first kappa shape index (κ1) is 15.3. The van der Waals surface area contributed by atoms with Crippen molar-refractivity contribution < 1.29 is 19.1 Å². The molecule has 6 nitrogen and oxygen atoms in total. The maximum Gasteiger partial charge on any atom is 0.340 e. The highest BCUT2D eigenvalue weighted by Gasteiger charge is 2.14. The SMILES string of the molecule is CC(=O)NNC(=O)COC(=O)c1cc(Cl)ccc1Cl. The second kappa shape index (κ2) is 6.96. The number of amides is 2. The van der Waals surface area contributed by atoms with Crippen LogP contribution >= 0.6 is 23.2 Å². The molecule has 0 aliphatic carbocycles. The van der Waals surface area contributed by atoms with Crippen molar-refractivity contribution in [3.63, 3.8) is 0 Å². The summed E-state index contributed by atoms with van der Waals surface area (Å²) in [7, 11) is 0. The fraction of sp³-hybridized carbons (Fsp3) is 0.182. The van der Waals surface area contributed by atoms with Gasteiger partial charge in [0.25, 0.3) is 5.91 Å². The zero-order valence-electron chi connectivity index (χ0n) is 9.83. The molecule has 0 spiro atoms. The normalized spacial score (nSPS) is 9.63. The molecule has 2 amide bonds. The van der Waals surface area contributed by atoms with Gasteiger partial charge in [-0.3, -0.25) is 20.4 Å².